The Bertz CT molecular complexity index is 759. The van der Waals surface area contributed by atoms with E-state index in [4.69, 9.17) is 20.5 Å². The van der Waals surface area contributed by atoms with Crippen LogP contribution in [0.4, 0.5) is 0 Å². The van der Waals surface area contributed by atoms with Gasteiger partial charge in [0.1, 0.15) is 10.6 Å². The van der Waals surface area contributed by atoms with Crippen LogP contribution in [0.15, 0.2) is 59.5 Å². The van der Waals surface area contributed by atoms with Gasteiger partial charge >= 0.3 is 10.1 Å². The van der Waals surface area contributed by atoms with Crippen LogP contribution in [0.25, 0.3) is 0 Å². The summed E-state index contributed by atoms with van der Waals surface area (Å²) in [5, 5.41) is 0. The number of methoxy groups -OCH3 is 1. The molecule has 22 heavy (non-hydrogen) atoms. The molecule has 0 spiro atoms. The van der Waals surface area contributed by atoms with Crippen molar-refractivity contribution in [3.8, 4) is 5.75 Å². The minimum atomic E-state index is -4.23. The standard InChI is InChI=1S/C15H13ClO5S/c1-20-12-9-5-6-10-13(12)22(18,19)21-15(16)14(17)11-7-3-2-4-8-11/h2-10,15H,1H3. The summed E-state index contributed by atoms with van der Waals surface area (Å²) in [4.78, 5) is 11.9. The summed E-state index contributed by atoms with van der Waals surface area (Å²) in [5.41, 5.74) is -1.39. The lowest BCUT2D eigenvalue weighted by Gasteiger charge is -2.12. The summed E-state index contributed by atoms with van der Waals surface area (Å²) in [6.45, 7) is 0. The third kappa shape index (κ3) is 3.65. The van der Waals surface area contributed by atoms with Gasteiger partial charge in [-0.1, -0.05) is 54.1 Å². The Balaban J connectivity index is 2.23. The van der Waals surface area contributed by atoms with E-state index in [1.165, 1.54) is 37.4 Å². The molecule has 1 unspecified atom stereocenters. The molecule has 0 aliphatic rings. The molecule has 2 aromatic carbocycles. The lowest BCUT2D eigenvalue weighted by Crippen LogP contribution is -2.22. The maximum absolute atomic E-state index is 12.2. The van der Waals surface area contributed by atoms with E-state index in [2.05, 4.69) is 0 Å². The van der Waals surface area contributed by atoms with Crippen LogP contribution in [0, 0.1) is 0 Å². The smallest absolute Gasteiger partial charge is 0.302 e. The van der Waals surface area contributed by atoms with E-state index in [0.717, 1.165) is 0 Å². The molecule has 2 rings (SSSR count). The van der Waals surface area contributed by atoms with Gasteiger partial charge in [0, 0.05) is 5.56 Å². The summed E-state index contributed by atoms with van der Waals surface area (Å²) >= 11 is 5.80. The second kappa shape index (κ2) is 6.91. The topological polar surface area (TPSA) is 69.7 Å². The van der Waals surface area contributed by atoms with Gasteiger partial charge in [0.25, 0.3) is 0 Å². The fourth-order valence-electron chi connectivity index (χ4n) is 1.77. The fraction of sp³-hybridized carbons (Fsp3) is 0.133. The van der Waals surface area contributed by atoms with Gasteiger partial charge in [-0.05, 0) is 12.1 Å². The Morgan fingerprint density at radius 2 is 1.64 bits per heavy atom. The number of benzene rings is 2. The molecule has 0 N–H and O–H groups in total. The summed E-state index contributed by atoms with van der Waals surface area (Å²) < 4.78 is 34.2. The Kier molecular flexibility index (Phi) is 5.18. The van der Waals surface area contributed by atoms with E-state index in [-0.39, 0.29) is 16.2 Å². The van der Waals surface area contributed by atoms with Crippen molar-refractivity contribution >= 4 is 27.5 Å². The van der Waals surface area contributed by atoms with Crippen LogP contribution in [-0.4, -0.2) is 26.9 Å². The quantitative estimate of drug-likeness (QED) is 0.459. The number of ether oxygens (including phenoxy) is 1. The van der Waals surface area contributed by atoms with E-state index in [9.17, 15) is 13.2 Å². The zero-order chi connectivity index (χ0) is 16.2. The molecule has 0 aliphatic carbocycles. The minimum Gasteiger partial charge on any atom is -0.495 e. The maximum atomic E-state index is 12.2. The van der Waals surface area contributed by atoms with E-state index in [0.29, 0.717) is 0 Å². The highest BCUT2D eigenvalue weighted by atomic mass is 35.5. The second-order valence-corrected chi connectivity index (χ2v) is 6.18. The Hall–Kier alpha value is -1.89. The van der Waals surface area contributed by atoms with Gasteiger partial charge in [0.05, 0.1) is 7.11 Å². The first-order valence-electron chi connectivity index (χ1n) is 6.25. The molecular formula is C15H13ClO5S. The van der Waals surface area contributed by atoms with Gasteiger partial charge < -0.3 is 4.74 Å². The van der Waals surface area contributed by atoms with Crippen molar-refractivity contribution in [2.45, 2.75) is 10.5 Å². The van der Waals surface area contributed by atoms with Gasteiger partial charge in [0.2, 0.25) is 11.3 Å². The van der Waals surface area contributed by atoms with Crippen LogP contribution in [-0.2, 0) is 14.3 Å². The van der Waals surface area contributed by atoms with Crippen molar-refractivity contribution in [3.63, 3.8) is 0 Å². The lowest BCUT2D eigenvalue weighted by atomic mass is 10.1. The van der Waals surface area contributed by atoms with Gasteiger partial charge in [0.15, 0.2) is 0 Å². The first-order chi connectivity index (χ1) is 10.5. The number of hydrogen-bond donors (Lipinski definition) is 0. The van der Waals surface area contributed by atoms with Crippen molar-refractivity contribution in [2.75, 3.05) is 7.11 Å². The number of alkyl halides is 1. The molecule has 0 aliphatic heterocycles. The highest BCUT2D eigenvalue weighted by Crippen LogP contribution is 2.26. The van der Waals surface area contributed by atoms with Crippen LogP contribution in [0.1, 0.15) is 10.4 Å². The average Bonchev–Trinajstić information content (AvgIpc) is 2.54. The number of Topliss-reactive ketones (excluding diaryl/α,β-unsaturated/α-hetero) is 1. The maximum Gasteiger partial charge on any atom is 0.302 e. The molecule has 0 bridgehead atoms. The molecule has 1 atom stereocenters. The summed E-state index contributed by atoms with van der Waals surface area (Å²) in [6, 6.07) is 14.0. The monoisotopic (exact) mass is 340 g/mol. The summed E-state index contributed by atoms with van der Waals surface area (Å²) in [7, 11) is -2.90. The molecule has 0 saturated carbocycles. The number of carbonyl (C=O) groups excluding carboxylic acids is 1. The highest BCUT2D eigenvalue weighted by Gasteiger charge is 2.28. The number of ketones is 1. The van der Waals surface area contributed by atoms with E-state index >= 15 is 0 Å². The molecule has 0 saturated heterocycles. The first kappa shape index (κ1) is 16.5. The zero-order valence-corrected chi connectivity index (χ0v) is 13.2. The number of halogens is 1. The normalized spacial score (nSPS) is 12.6. The lowest BCUT2D eigenvalue weighted by molar-refractivity contribution is 0.0889. The third-order valence-corrected chi connectivity index (χ3v) is 4.53. The second-order valence-electron chi connectivity index (χ2n) is 4.25. The predicted octanol–water partition coefficient (Wildman–Crippen LogP) is 2.85. The Morgan fingerprint density at radius 1 is 1.05 bits per heavy atom. The van der Waals surface area contributed by atoms with Crippen LogP contribution < -0.4 is 4.74 Å². The minimum absolute atomic E-state index is 0.110. The highest BCUT2D eigenvalue weighted by molar-refractivity contribution is 7.87. The van der Waals surface area contributed by atoms with Gasteiger partial charge in [-0.15, -0.1) is 0 Å². The van der Waals surface area contributed by atoms with Crippen LogP contribution in [0.2, 0.25) is 0 Å². The van der Waals surface area contributed by atoms with Gasteiger partial charge in [-0.3, -0.25) is 4.79 Å². The number of carbonyl (C=O) groups is 1. The summed E-state index contributed by atoms with van der Waals surface area (Å²) in [6.07, 6.45) is 0. The SMILES string of the molecule is COc1ccccc1S(=O)(=O)OC(Cl)C(=O)c1ccccc1. The van der Waals surface area contributed by atoms with Crippen molar-refractivity contribution in [3.05, 3.63) is 60.2 Å². The number of hydrogen-bond acceptors (Lipinski definition) is 5. The third-order valence-electron chi connectivity index (χ3n) is 2.81. The molecule has 7 heteroatoms. The van der Waals surface area contributed by atoms with Crippen molar-refractivity contribution < 1.29 is 22.1 Å². The van der Waals surface area contributed by atoms with Crippen molar-refractivity contribution in [2.24, 2.45) is 0 Å². The molecule has 0 aromatic heterocycles. The predicted molar refractivity (Wildman–Crippen MR) is 81.7 cm³/mol. The van der Waals surface area contributed by atoms with E-state index < -0.39 is 21.5 Å². The molecular weight excluding hydrogens is 328 g/mol. The molecule has 2 aromatic rings. The average molecular weight is 341 g/mol. The first-order valence-corrected chi connectivity index (χ1v) is 8.10. The van der Waals surface area contributed by atoms with Crippen molar-refractivity contribution in [1.29, 1.82) is 0 Å². The summed E-state index contributed by atoms with van der Waals surface area (Å²) in [5.74, 6) is -0.528. The number of rotatable bonds is 6. The van der Waals surface area contributed by atoms with E-state index in [1.807, 2.05) is 0 Å². The number of para-hydroxylation sites is 1. The zero-order valence-electron chi connectivity index (χ0n) is 11.6. The molecule has 0 radical (unpaired) electrons. The Morgan fingerprint density at radius 3 is 2.27 bits per heavy atom. The largest absolute Gasteiger partial charge is 0.495 e. The molecule has 116 valence electrons. The van der Waals surface area contributed by atoms with Crippen LogP contribution in [0.3, 0.4) is 0 Å². The van der Waals surface area contributed by atoms with Crippen LogP contribution in [0.5, 0.6) is 5.75 Å². The Labute approximate surface area is 133 Å². The fourth-order valence-corrected chi connectivity index (χ4v) is 3.24. The van der Waals surface area contributed by atoms with Crippen LogP contribution >= 0.6 is 11.6 Å². The van der Waals surface area contributed by atoms with E-state index in [1.54, 1.807) is 24.3 Å². The molecule has 5 nitrogen and oxygen atoms in total. The van der Waals surface area contributed by atoms with Gasteiger partial charge in [-0.25, -0.2) is 4.18 Å². The molecule has 0 amide bonds. The molecule has 0 heterocycles. The van der Waals surface area contributed by atoms with Gasteiger partial charge in [-0.2, -0.15) is 8.42 Å². The van der Waals surface area contributed by atoms with Crippen molar-refractivity contribution in [1.82, 2.24) is 0 Å². The molecule has 0 fully saturated rings.